The summed E-state index contributed by atoms with van der Waals surface area (Å²) in [6.45, 7) is 0.211. The van der Waals surface area contributed by atoms with Crippen LogP contribution in [0.2, 0.25) is 15.1 Å². The lowest BCUT2D eigenvalue weighted by molar-refractivity contribution is -0.122. The van der Waals surface area contributed by atoms with Gasteiger partial charge in [-0.2, -0.15) is 0 Å². The first-order valence-electron chi connectivity index (χ1n) is 11.1. The van der Waals surface area contributed by atoms with E-state index in [1.54, 1.807) is 18.2 Å². The van der Waals surface area contributed by atoms with Gasteiger partial charge in [0.05, 0.1) is 15.7 Å². The number of hydrogen-bond donors (Lipinski definition) is 1. The Kier molecular flexibility index (Phi) is 6.89. The van der Waals surface area contributed by atoms with Crippen molar-refractivity contribution >= 4 is 75.2 Å². The molecular formula is C28H17Cl3N2O4. The topological polar surface area (TPSA) is 75.7 Å². The minimum Gasteiger partial charge on any atom is -0.488 e. The van der Waals surface area contributed by atoms with Gasteiger partial charge in [-0.3, -0.25) is 14.9 Å². The van der Waals surface area contributed by atoms with Gasteiger partial charge in [-0.05, 0) is 58.8 Å². The van der Waals surface area contributed by atoms with Crippen molar-refractivity contribution in [1.82, 2.24) is 5.32 Å². The maximum absolute atomic E-state index is 13.5. The summed E-state index contributed by atoms with van der Waals surface area (Å²) in [5.74, 6) is -1.18. The number of amides is 4. The first kappa shape index (κ1) is 24.8. The SMILES string of the molecule is O=C1NC(=O)N(c2ccc(Cl)c(Cl)c2)C(=O)/C1=C/c1c(OCc2cccc(Cl)c2)ccc2ccccc12. The zero-order chi connectivity index (χ0) is 26.1. The number of imide groups is 2. The van der Waals surface area contributed by atoms with Gasteiger partial charge in [0, 0.05) is 10.6 Å². The second kappa shape index (κ2) is 10.3. The summed E-state index contributed by atoms with van der Waals surface area (Å²) in [6, 6.07) is 21.8. The van der Waals surface area contributed by atoms with E-state index in [9.17, 15) is 14.4 Å². The number of nitrogens with one attached hydrogen (secondary N) is 1. The van der Waals surface area contributed by atoms with E-state index in [1.807, 2.05) is 42.5 Å². The molecule has 37 heavy (non-hydrogen) atoms. The van der Waals surface area contributed by atoms with Gasteiger partial charge in [0.25, 0.3) is 11.8 Å². The van der Waals surface area contributed by atoms with E-state index in [0.29, 0.717) is 16.3 Å². The van der Waals surface area contributed by atoms with Crippen molar-refractivity contribution in [3.63, 3.8) is 0 Å². The normalized spacial score (nSPS) is 14.8. The van der Waals surface area contributed by atoms with E-state index in [2.05, 4.69) is 5.32 Å². The Balaban J connectivity index is 1.58. The molecule has 0 saturated carbocycles. The average Bonchev–Trinajstić information content (AvgIpc) is 2.87. The van der Waals surface area contributed by atoms with Crippen LogP contribution < -0.4 is 15.0 Å². The van der Waals surface area contributed by atoms with E-state index >= 15 is 0 Å². The van der Waals surface area contributed by atoms with Gasteiger partial charge in [-0.1, -0.05) is 77.3 Å². The highest BCUT2D eigenvalue weighted by molar-refractivity contribution is 6.43. The van der Waals surface area contributed by atoms with Crippen LogP contribution in [-0.2, 0) is 16.2 Å². The standard InChI is InChI=1S/C28H17Cl3N2O4/c29-18-6-3-4-16(12-18)15-37-25-11-8-17-5-1-2-7-20(17)21(25)14-22-26(34)32-28(36)33(27(22)35)19-9-10-23(30)24(31)13-19/h1-14H,15H2,(H,32,34,36)/b22-14+. The Hall–Kier alpha value is -3.84. The number of nitrogens with zero attached hydrogens (tertiary/aromatic N) is 1. The molecule has 4 aromatic carbocycles. The van der Waals surface area contributed by atoms with Gasteiger partial charge in [-0.25, -0.2) is 9.69 Å². The quantitative estimate of drug-likeness (QED) is 0.213. The molecule has 1 fully saturated rings. The number of hydrogen-bond acceptors (Lipinski definition) is 4. The van der Waals surface area contributed by atoms with E-state index in [4.69, 9.17) is 39.5 Å². The molecule has 1 N–H and O–H groups in total. The average molecular weight is 552 g/mol. The van der Waals surface area contributed by atoms with Crippen LogP contribution in [0.5, 0.6) is 5.75 Å². The molecule has 9 heteroatoms. The summed E-state index contributed by atoms with van der Waals surface area (Å²) >= 11 is 18.2. The molecule has 184 valence electrons. The summed E-state index contributed by atoms with van der Waals surface area (Å²) in [4.78, 5) is 39.7. The highest BCUT2D eigenvalue weighted by Crippen LogP contribution is 2.33. The Morgan fingerprint density at radius 2 is 1.65 bits per heavy atom. The highest BCUT2D eigenvalue weighted by atomic mass is 35.5. The fourth-order valence-electron chi connectivity index (χ4n) is 4.00. The van der Waals surface area contributed by atoms with Crippen LogP contribution >= 0.6 is 34.8 Å². The molecule has 0 spiro atoms. The smallest absolute Gasteiger partial charge is 0.335 e. The number of urea groups is 1. The minimum absolute atomic E-state index is 0.160. The zero-order valence-electron chi connectivity index (χ0n) is 19.0. The molecule has 1 aliphatic heterocycles. The molecule has 0 unspecified atom stereocenters. The number of barbiturate groups is 1. The van der Waals surface area contributed by atoms with E-state index in [0.717, 1.165) is 21.2 Å². The largest absolute Gasteiger partial charge is 0.488 e. The molecule has 4 amide bonds. The summed E-state index contributed by atoms with van der Waals surface area (Å²) in [5, 5.41) is 4.87. The summed E-state index contributed by atoms with van der Waals surface area (Å²) in [5.41, 5.74) is 1.30. The lowest BCUT2D eigenvalue weighted by Crippen LogP contribution is -2.54. The Morgan fingerprint density at radius 3 is 2.43 bits per heavy atom. The third-order valence-electron chi connectivity index (χ3n) is 5.77. The molecule has 0 aromatic heterocycles. The van der Waals surface area contributed by atoms with Crippen LogP contribution in [0, 0.1) is 0 Å². The number of benzene rings is 4. The molecule has 1 aliphatic rings. The third-order valence-corrected chi connectivity index (χ3v) is 6.74. The number of ether oxygens (including phenoxy) is 1. The van der Waals surface area contributed by atoms with Gasteiger partial charge < -0.3 is 4.74 Å². The Bertz CT molecular complexity index is 1620. The van der Waals surface area contributed by atoms with Crippen molar-refractivity contribution in [2.24, 2.45) is 0 Å². The minimum atomic E-state index is -0.888. The highest BCUT2D eigenvalue weighted by Gasteiger charge is 2.37. The second-order valence-corrected chi connectivity index (χ2v) is 9.42. The maximum atomic E-state index is 13.5. The number of carbonyl (C=O) groups is 3. The van der Waals surface area contributed by atoms with Crippen molar-refractivity contribution < 1.29 is 19.1 Å². The molecule has 5 rings (SSSR count). The lowest BCUT2D eigenvalue weighted by Gasteiger charge is -2.26. The van der Waals surface area contributed by atoms with Crippen LogP contribution in [0.3, 0.4) is 0 Å². The molecule has 0 radical (unpaired) electrons. The van der Waals surface area contributed by atoms with Gasteiger partial charge in [0.1, 0.15) is 17.9 Å². The summed E-state index contributed by atoms with van der Waals surface area (Å²) < 4.78 is 6.10. The maximum Gasteiger partial charge on any atom is 0.335 e. The van der Waals surface area contributed by atoms with Crippen LogP contribution in [0.25, 0.3) is 16.8 Å². The number of fused-ring (bicyclic) bond motifs is 1. The van der Waals surface area contributed by atoms with Crippen molar-refractivity contribution in [3.05, 3.63) is 111 Å². The van der Waals surface area contributed by atoms with Gasteiger partial charge in [-0.15, -0.1) is 0 Å². The molecule has 4 aromatic rings. The first-order valence-corrected chi connectivity index (χ1v) is 12.2. The number of halogens is 3. The van der Waals surface area contributed by atoms with Gasteiger partial charge >= 0.3 is 6.03 Å². The fourth-order valence-corrected chi connectivity index (χ4v) is 4.50. The molecule has 0 atom stereocenters. The van der Waals surface area contributed by atoms with Crippen LogP contribution in [0.4, 0.5) is 10.5 Å². The van der Waals surface area contributed by atoms with Crippen molar-refractivity contribution in [1.29, 1.82) is 0 Å². The molecule has 0 bridgehead atoms. The third kappa shape index (κ3) is 5.04. The van der Waals surface area contributed by atoms with Crippen LogP contribution in [0.1, 0.15) is 11.1 Å². The summed E-state index contributed by atoms with van der Waals surface area (Å²) in [6.07, 6.45) is 1.43. The lowest BCUT2D eigenvalue weighted by atomic mass is 9.99. The second-order valence-electron chi connectivity index (χ2n) is 8.17. The van der Waals surface area contributed by atoms with Crippen molar-refractivity contribution in [3.8, 4) is 5.75 Å². The number of anilines is 1. The zero-order valence-corrected chi connectivity index (χ0v) is 21.3. The predicted molar refractivity (Wildman–Crippen MR) is 145 cm³/mol. The van der Waals surface area contributed by atoms with E-state index in [-0.39, 0.29) is 27.9 Å². The molecule has 0 aliphatic carbocycles. The van der Waals surface area contributed by atoms with Crippen molar-refractivity contribution in [2.45, 2.75) is 6.61 Å². The fraction of sp³-hybridized carbons (Fsp3) is 0.0357. The first-order chi connectivity index (χ1) is 17.8. The van der Waals surface area contributed by atoms with Gasteiger partial charge in [0.2, 0.25) is 0 Å². The molecule has 1 heterocycles. The molecule has 1 saturated heterocycles. The summed E-state index contributed by atoms with van der Waals surface area (Å²) in [7, 11) is 0. The predicted octanol–water partition coefficient (Wildman–Crippen LogP) is 7.05. The Morgan fingerprint density at radius 1 is 0.838 bits per heavy atom. The van der Waals surface area contributed by atoms with E-state index < -0.39 is 17.8 Å². The van der Waals surface area contributed by atoms with Crippen LogP contribution in [0.15, 0.2) is 84.4 Å². The monoisotopic (exact) mass is 550 g/mol. The van der Waals surface area contributed by atoms with Gasteiger partial charge in [0.15, 0.2) is 0 Å². The van der Waals surface area contributed by atoms with Crippen molar-refractivity contribution in [2.75, 3.05) is 4.90 Å². The van der Waals surface area contributed by atoms with E-state index in [1.165, 1.54) is 24.3 Å². The number of rotatable bonds is 5. The number of carbonyl (C=O) groups excluding carboxylic acids is 3. The molecular weight excluding hydrogens is 535 g/mol. The van der Waals surface area contributed by atoms with Crippen LogP contribution in [-0.4, -0.2) is 17.8 Å². The molecule has 6 nitrogen and oxygen atoms in total. The Labute approximate surface area is 227 Å².